The first-order valence-corrected chi connectivity index (χ1v) is 3.33. The van der Waals surface area contributed by atoms with Crippen LogP contribution in [0.2, 0.25) is 0 Å². The summed E-state index contributed by atoms with van der Waals surface area (Å²) < 4.78 is 4.21. The Balaban J connectivity index is 2.88. The number of para-hydroxylation sites is 1. The number of nitro benzene ring substituents is 1. The molecule has 0 aliphatic rings. The van der Waals surface area contributed by atoms with Crippen LogP contribution in [0.4, 0.5) is 5.69 Å². The summed E-state index contributed by atoms with van der Waals surface area (Å²) in [5.74, 6) is 0. The Kier molecular flexibility index (Phi) is 1.38. The lowest BCUT2D eigenvalue weighted by Gasteiger charge is -1.89. The number of nitro groups is 1. The molecule has 0 amide bonds. The number of fused-ring (bicyclic) bond motifs is 1. The zero-order chi connectivity index (χ0) is 9.42. The Hall–Kier alpha value is -2.18. The van der Waals surface area contributed by atoms with Crippen molar-refractivity contribution in [3.05, 3.63) is 33.5 Å². The molecule has 66 valence electrons. The van der Waals surface area contributed by atoms with Crippen molar-refractivity contribution in [2.45, 2.75) is 0 Å². The highest BCUT2D eigenvalue weighted by atomic mass is 16.8. The van der Waals surface area contributed by atoms with E-state index in [1.165, 1.54) is 18.2 Å². The third-order valence-electron chi connectivity index (χ3n) is 1.59. The summed E-state index contributed by atoms with van der Waals surface area (Å²) in [5.41, 5.74) is -0.301. The van der Waals surface area contributed by atoms with Crippen LogP contribution >= 0.6 is 0 Å². The number of non-ortho nitro benzene ring substituents is 1. The van der Waals surface area contributed by atoms with Gasteiger partial charge in [-0.3, -0.25) is 14.7 Å². The van der Waals surface area contributed by atoms with Gasteiger partial charge in [0.15, 0.2) is 0 Å². The fourth-order valence-electron chi connectivity index (χ4n) is 1.05. The molecule has 0 aliphatic carbocycles. The SMILES string of the molecule is O=[N+]([O-])c1cccc2no[n+]([O-])c12. The van der Waals surface area contributed by atoms with Crippen molar-refractivity contribution in [1.29, 1.82) is 0 Å². The fourth-order valence-corrected chi connectivity index (χ4v) is 1.05. The van der Waals surface area contributed by atoms with E-state index in [-0.39, 0.29) is 21.6 Å². The van der Waals surface area contributed by atoms with E-state index >= 15 is 0 Å². The molecule has 7 nitrogen and oxygen atoms in total. The predicted octanol–water partition coefficient (Wildman–Crippen LogP) is 0.369. The normalized spacial score (nSPS) is 10.5. The second kappa shape index (κ2) is 2.41. The van der Waals surface area contributed by atoms with Crippen LogP contribution in [0.1, 0.15) is 0 Å². The minimum atomic E-state index is -0.659. The van der Waals surface area contributed by atoms with Crippen LogP contribution in [-0.2, 0) is 0 Å². The summed E-state index contributed by atoms with van der Waals surface area (Å²) in [4.78, 5) is 9.81. The van der Waals surface area contributed by atoms with E-state index in [9.17, 15) is 15.3 Å². The molecule has 0 saturated carbocycles. The Morgan fingerprint density at radius 2 is 2.31 bits per heavy atom. The summed E-state index contributed by atoms with van der Waals surface area (Å²) in [5, 5.41) is 24.7. The number of rotatable bonds is 1. The minimum Gasteiger partial charge on any atom is -0.359 e. The van der Waals surface area contributed by atoms with E-state index in [2.05, 4.69) is 9.79 Å². The quantitative estimate of drug-likeness (QED) is 0.359. The molecule has 2 rings (SSSR count). The molecule has 0 aliphatic heterocycles. The maximum Gasteiger partial charge on any atom is 0.324 e. The number of hydrogen-bond acceptors (Lipinski definition) is 5. The van der Waals surface area contributed by atoms with Crippen molar-refractivity contribution >= 4 is 16.7 Å². The van der Waals surface area contributed by atoms with Crippen molar-refractivity contribution in [2.75, 3.05) is 0 Å². The summed E-state index contributed by atoms with van der Waals surface area (Å²) in [6, 6.07) is 4.11. The molecule has 0 fully saturated rings. The van der Waals surface area contributed by atoms with Gasteiger partial charge in [0.1, 0.15) is 0 Å². The zero-order valence-corrected chi connectivity index (χ0v) is 6.21. The van der Waals surface area contributed by atoms with E-state index in [1.807, 2.05) is 0 Å². The smallest absolute Gasteiger partial charge is 0.324 e. The van der Waals surface area contributed by atoms with Gasteiger partial charge in [-0.25, -0.2) is 0 Å². The maximum absolute atomic E-state index is 10.9. The standard InChI is InChI=1S/C6H3N3O4/c10-8(11)5-3-1-2-4-6(5)9(12)13-7-4/h1-3H. The number of benzene rings is 1. The van der Waals surface area contributed by atoms with E-state index in [0.717, 1.165) is 0 Å². The van der Waals surface area contributed by atoms with Crippen molar-refractivity contribution in [2.24, 2.45) is 0 Å². The first kappa shape index (κ1) is 7.47. The highest BCUT2D eigenvalue weighted by molar-refractivity contribution is 5.80. The lowest BCUT2D eigenvalue weighted by molar-refractivity contribution is -0.783. The maximum atomic E-state index is 10.9. The second-order valence-corrected chi connectivity index (χ2v) is 2.33. The Morgan fingerprint density at radius 3 is 3.00 bits per heavy atom. The van der Waals surface area contributed by atoms with Gasteiger partial charge in [-0.15, -0.1) is 0 Å². The first-order chi connectivity index (χ1) is 6.20. The highest BCUT2D eigenvalue weighted by Gasteiger charge is 2.21. The molecule has 7 heteroatoms. The van der Waals surface area contributed by atoms with Crippen molar-refractivity contribution < 1.29 is 14.5 Å². The predicted molar refractivity (Wildman–Crippen MR) is 39.6 cm³/mol. The van der Waals surface area contributed by atoms with Crippen LogP contribution in [0, 0.1) is 15.3 Å². The van der Waals surface area contributed by atoms with Crippen LogP contribution in [0.15, 0.2) is 22.8 Å². The Labute approximate surface area is 70.9 Å². The summed E-state index contributed by atoms with van der Waals surface area (Å²) in [6.45, 7) is 0. The van der Waals surface area contributed by atoms with Gasteiger partial charge in [0.2, 0.25) is 0 Å². The third-order valence-corrected chi connectivity index (χ3v) is 1.59. The molecule has 0 atom stereocenters. The summed E-state index contributed by atoms with van der Waals surface area (Å²) in [6.07, 6.45) is 0. The zero-order valence-electron chi connectivity index (χ0n) is 6.21. The van der Waals surface area contributed by atoms with Crippen LogP contribution in [0.3, 0.4) is 0 Å². The van der Waals surface area contributed by atoms with Crippen LogP contribution in [0.25, 0.3) is 11.0 Å². The molecule has 1 aromatic heterocycles. The van der Waals surface area contributed by atoms with E-state index in [1.54, 1.807) is 0 Å². The van der Waals surface area contributed by atoms with E-state index in [0.29, 0.717) is 0 Å². The Bertz CT molecular complexity index is 478. The number of nitrogens with zero attached hydrogens (tertiary/aromatic N) is 3. The molecule has 0 saturated heterocycles. The van der Waals surface area contributed by atoms with Crippen LogP contribution in [0.5, 0.6) is 0 Å². The highest BCUT2D eigenvalue weighted by Crippen LogP contribution is 2.19. The molecule has 0 unspecified atom stereocenters. The largest absolute Gasteiger partial charge is 0.359 e. The van der Waals surface area contributed by atoms with Gasteiger partial charge in [-0.1, -0.05) is 6.07 Å². The molecule has 1 aromatic carbocycles. The summed E-state index contributed by atoms with van der Waals surface area (Å²) in [7, 11) is 0. The van der Waals surface area contributed by atoms with Crippen LogP contribution in [-0.4, -0.2) is 10.1 Å². The van der Waals surface area contributed by atoms with Gasteiger partial charge >= 0.3 is 11.2 Å². The molecule has 0 spiro atoms. The first-order valence-electron chi connectivity index (χ1n) is 3.33. The molecule has 0 N–H and O–H groups in total. The van der Waals surface area contributed by atoms with Gasteiger partial charge in [0.25, 0.3) is 5.52 Å². The summed E-state index contributed by atoms with van der Waals surface area (Å²) >= 11 is 0. The number of aromatic nitrogens is 2. The van der Waals surface area contributed by atoms with Gasteiger partial charge < -0.3 is 5.21 Å². The lowest BCUT2D eigenvalue weighted by atomic mass is 10.3. The Morgan fingerprint density at radius 1 is 1.54 bits per heavy atom. The van der Waals surface area contributed by atoms with Crippen molar-refractivity contribution in [1.82, 2.24) is 5.16 Å². The van der Waals surface area contributed by atoms with Gasteiger partial charge in [0.05, 0.1) is 4.92 Å². The second-order valence-electron chi connectivity index (χ2n) is 2.33. The molecule has 0 bridgehead atoms. The van der Waals surface area contributed by atoms with E-state index < -0.39 is 4.92 Å². The third kappa shape index (κ3) is 0.975. The molecule has 2 aromatic rings. The van der Waals surface area contributed by atoms with Gasteiger partial charge in [0, 0.05) is 11.2 Å². The van der Waals surface area contributed by atoms with Crippen LogP contribution < -0.4 is 4.90 Å². The minimum absolute atomic E-state index is 0.0213. The monoisotopic (exact) mass is 181 g/mol. The van der Waals surface area contributed by atoms with Gasteiger partial charge in [-0.05, 0) is 11.0 Å². The van der Waals surface area contributed by atoms with Crippen molar-refractivity contribution in [3.8, 4) is 0 Å². The average Bonchev–Trinajstić information content (AvgIpc) is 2.48. The molecular formula is C6H3N3O4. The fraction of sp³-hybridized carbons (Fsp3) is 0. The van der Waals surface area contributed by atoms with Crippen molar-refractivity contribution in [3.63, 3.8) is 0 Å². The lowest BCUT2D eigenvalue weighted by Crippen LogP contribution is -2.23. The average molecular weight is 181 g/mol. The molecular weight excluding hydrogens is 178 g/mol. The molecule has 0 radical (unpaired) electrons. The van der Waals surface area contributed by atoms with Gasteiger partial charge in [-0.2, -0.15) is 0 Å². The van der Waals surface area contributed by atoms with E-state index in [4.69, 9.17) is 0 Å². The topological polar surface area (TPSA) is 96.1 Å². The molecule has 1 heterocycles. The number of hydrogen-bond donors (Lipinski definition) is 0. The molecule has 13 heavy (non-hydrogen) atoms.